The highest BCUT2D eigenvalue weighted by molar-refractivity contribution is 5.93. The molecule has 2 nitrogen and oxygen atoms in total. The van der Waals surface area contributed by atoms with Crippen LogP contribution in [-0.2, 0) is 4.79 Å². The Kier molecular flexibility index (Phi) is 2.66. The van der Waals surface area contributed by atoms with Gasteiger partial charge in [0.25, 0.3) is 0 Å². The molecule has 2 rings (SSSR count). The number of amides is 1. The van der Waals surface area contributed by atoms with Crippen LogP contribution in [0, 0.1) is 11.7 Å². The molecule has 1 N–H and O–H groups in total. The lowest BCUT2D eigenvalue weighted by molar-refractivity contribution is -0.124. The number of carbonyl (C=O) groups excluding carboxylic acids is 1. The molecule has 0 heterocycles. The van der Waals surface area contributed by atoms with Crippen molar-refractivity contribution in [2.45, 2.75) is 19.0 Å². The fourth-order valence-corrected chi connectivity index (χ4v) is 1.54. The SMILES string of the molecule is O=C(Nc1ccc(F)cc1)C1CC(F)C1. The smallest absolute Gasteiger partial charge is 0.227 e. The maximum Gasteiger partial charge on any atom is 0.227 e. The van der Waals surface area contributed by atoms with Crippen LogP contribution in [0.3, 0.4) is 0 Å². The number of anilines is 1. The van der Waals surface area contributed by atoms with E-state index in [0.717, 1.165) is 0 Å². The first-order valence-corrected chi connectivity index (χ1v) is 4.85. The molecule has 0 aromatic heterocycles. The van der Waals surface area contributed by atoms with E-state index < -0.39 is 6.17 Å². The molecule has 0 saturated heterocycles. The Labute approximate surface area is 86.3 Å². The predicted molar refractivity (Wildman–Crippen MR) is 52.6 cm³/mol. The lowest BCUT2D eigenvalue weighted by atomic mass is 9.83. The van der Waals surface area contributed by atoms with Gasteiger partial charge < -0.3 is 5.32 Å². The van der Waals surface area contributed by atoms with Crippen LogP contribution in [0.1, 0.15) is 12.8 Å². The molecule has 0 bridgehead atoms. The summed E-state index contributed by atoms with van der Waals surface area (Å²) in [7, 11) is 0. The molecule has 15 heavy (non-hydrogen) atoms. The van der Waals surface area contributed by atoms with Crippen LogP contribution in [0.25, 0.3) is 0 Å². The first kappa shape index (κ1) is 10.1. The fraction of sp³-hybridized carbons (Fsp3) is 0.364. The van der Waals surface area contributed by atoms with Crippen molar-refractivity contribution in [1.82, 2.24) is 0 Å². The molecule has 1 aromatic carbocycles. The highest BCUT2D eigenvalue weighted by atomic mass is 19.1. The van der Waals surface area contributed by atoms with Gasteiger partial charge in [0.1, 0.15) is 12.0 Å². The van der Waals surface area contributed by atoms with Crippen LogP contribution in [-0.4, -0.2) is 12.1 Å². The average Bonchev–Trinajstić information content (AvgIpc) is 2.17. The first-order valence-electron chi connectivity index (χ1n) is 4.85. The van der Waals surface area contributed by atoms with Crippen LogP contribution < -0.4 is 5.32 Å². The third-order valence-corrected chi connectivity index (χ3v) is 2.56. The van der Waals surface area contributed by atoms with Gasteiger partial charge in [-0.2, -0.15) is 0 Å². The quantitative estimate of drug-likeness (QED) is 0.800. The molecule has 1 fully saturated rings. The molecule has 0 unspecified atom stereocenters. The number of hydrogen-bond acceptors (Lipinski definition) is 1. The van der Waals surface area contributed by atoms with Crippen LogP contribution in [0.2, 0.25) is 0 Å². The second-order valence-corrected chi connectivity index (χ2v) is 3.76. The van der Waals surface area contributed by atoms with Crippen LogP contribution in [0.5, 0.6) is 0 Å². The van der Waals surface area contributed by atoms with Crippen molar-refractivity contribution in [1.29, 1.82) is 0 Å². The normalized spacial score (nSPS) is 24.4. The van der Waals surface area contributed by atoms with Crippen molar-refractivity contribution < 1.29 is 13.6 Å². The molecule has 4 heteroatoms. The van der Waals surface area contributed by atoms with Gasteiger partial charge in [0, 0.05) is 11.6 Å². The van der Waals surface area contributed by atoms with Gasteiger partial charge in [-0.15, -0.1) is 0 Å². The minimum Gasteiger partial charge on any atom is -0.326 e. The summed E-state index contributed by atoms with van der Waals surface area (Å²) in [5.74, 6) is -0.763. The molecule has 1 aliphatic rings. The summed E-state index contributed by atoms with van der Waals surface area (Å²) in [6.07, 6.45) is -0.242. The zero-order chi connectivity index (χ0) is 10.8. The topological polar surface area (TPSA) is 29.1 Å². The summed E-state index contributed by atoms with van der Waals surface area (Å²) in [6, 6.07) is 5.51. The molecule has 1 aliphatic carbocycles. The second-order valence-electron chi connectivity index (χ2n) is 3.76. The van der Waals surface area contributed by atoms with Crippen molar-refractivity contribution in [3.8, 4) is 0 Å². The Morgan fingerprint density at radius 3 is 2.40 bits per heavy atom. The number of hydrogen-bond donors (Lipinski definition) is 1. The number of rotatable bonds is 2. The minimum atomic E-state index is -0.839. The Morgan fingerprint density at radius 1 is 1.27 bits per heavy atom. The third kappa shape index (κ3) is 2.32. The fourth-order valence-electron chi connectivity index (χ4n) is 1.54. The summed E-state index contributed by atoms with van der Waals surface area (Å²) >= 11 is 0. The van der Waals surface area contributed by atoms with E-state index in [-0.39, 0.29) is 17.6 Å². The van der Waals surface area contributed by atoms with E-state index in [1.807, 2.05) is 0 Å². The van der Waals surface area contributed by atoms with Gasteiger partial charge in [-0.05, 0) is 37.1 Å². The highest BCUT2D eigenvalue weighted by Gasteiger charge is 2.34. The number of carbonyl (C=O) groups is 1. The maximum absolute atomic E-state index is 12.5. The van der Waals surface area contributed by atoms with E-state index in [0.29, 0.717) is 18.5 Å². The zero-order valence-electron chi connectivity index (χ0n) is 8.04. The van der Waals surface area contributed by atoms with Gasteiger partial charge in [0.15, 0.2) is 0 Å². The minimum absolute atomic E-state index is 0.185. The van der Waals surface area contributed by atoms with Crippen molar-refractivity contribution in [3.63, 3.8) is 0 Å². The molecule has 80 valence electrons. The van der Waals surface area contributed by atoms with Gasteiger partial charge in [-0.1, -0.05) is 0 Å². The lowest BCUT2D eigenvalue weighted by Gasteiger charge is -2.28. The Morgan fingerprint density at radius 2 is 1.87 bits per heavy atom. The Hall–Kier alpha value is -1.45. The first-order chi connectivity index (χ1) is 7.15. The van der Waals surface area contributed by atoms with E-state index in [9.17, 15) is 13.6 Å². The number of benzene rings is 1. The summed E-state index contributed by atoms with van der Waals surface area (Å²) in [5.41, 5.74) is 0.545. The Balaban J connectivity index is 1.91. The number of alkyl halides is 1. The highest BCUT2D eigenvalue weighted by Crippen LogP contribution is 2.30. The van der Waals surface area contributed by atoms with E-state index in [4.69, 9.17) is 0 Å². The molecular formula is C11H11F2NO. The van der Waals surface area contributed by atoms with Crippen molar-refractivity contribution in [3.05, 3.63) is 30.1 Å². The van der Waals surface area contributed by atoms with Gasteiger partial charge in [0.2, 0.25) is 5.91 Å². The zero-order valence-corrected chi connectivity index (χ0v) is 8.04. The average molecular weight is 211 g/mol. The number of halogens is 2. The van der Waals surface area contributed by atoms with Crippen molar-refractivity contribution in [2.24, 2.45) is 5.92 Å². The van der Waals surface area contributed by atoms with Crippen LogP contribution in [0.4, 0.5) is 14.5 Å². The summed E-state index contributed by atoms with van der Waals surface area (Å²) in [6.45, 7) is 0. The third-order valence-electron chi connectivity index (χ3n) is 2.56. The number of nitrogens with one attached hydrogen (secondary N) is 1. The molecule has 1 amide bonds. The van der Waals surface area contributed by atoms with Gasteiger partial charge >= 0.3 is 0 Å². The standard InChI is InChI=1S/C11H11F2NO/c12-8-1-3-10(4-2-8)14-11(15)7-5-9(13)6-7/h1-4,7,9H,5-6H2,(H,14,15). The van der Waals surface area contributed by atoms with E-state index in [2.05, 4.69) is 5.32 Å². The molecule has 0 aliphatic heterocycles. The summed E-state index contributed by atoms with van der Waals surface area (Å²) < 4.78 is 25.0. The van der Waals surface area contributed by atoms with Gasteiger partial charge in [0.05, 0.1) is 0 Å². The molecule has 1 aromatic rings. The molecule has 0 radical (unpaired) electrons. The maximum atomic E-state index is 12.5. The van der Waals surface area contributed by atoms with E-state index >= 15 is 0 Å². The van der Waals surface area contributed by atoms with Crippen molar-refractivity contribution in [2.75, 3.05) is 5.32 Å². The molecule has 1 saturated carbocycles. The predicted octanol–water partition coefficient (Wildman–Crippen LogP) is 2.51. The summed E-state index contributed by atoms with van der Waals surface area (Å²) in [4.78, 5) is 11.5. The van der Waals surface area contributed by atoms with Crippen molar-refractivity contribution >= 4 is 11.6 Å². The van der Waals surface area contributed by atoms with Crippen LogP contribution >= 0.6 is 0 Å². The van der Waals surface area contributed by atoms with Crippen LogP contribution in [0.15, 0.2) is 24.3 Å². The molecule has 0 spiro atoms. The second kappa shape index (κ2) is 3.96. The van der Waals surface area contributed by atoms with E-state index in [1.165, 1.54) is 24.3 Å². The summed E-state index contributed by atoms with van der Waals surface area (Å²) in [5, 5.41) is 2.62. The lowest BCUT2D eigenvalue weighted by Crippen LogP contribution is -2.35. The van der Waals surface area contributed by atoms with Gasteiger partial charge in [-0.3, -0.25) is 4.79 Å². The van der Waals surface area contributed by atoms with Gasteiger partial charge in [-0.25, -0.2) is 8.78 Å². The molecule has 0 atom stereocenters. The monoisotopic (exact) mass is 211 g/mol. The largest absolute Gasteiger partial charge is 0.326 e. The Bertz CT molecular complexity index is 357. The van der Waals surface area contributed by atoms with E-state index in [1.54, 1.807) is 0 Å². The molecular weight excluding hydrogens is 200 g/mol.